The summed E-state index contributed by atoms with van der Waals surface area (Å²) >= 11 is 0. The summed E-state index contributed by atoms with van der Waals surface area (Å²) in [5.74, 6) is 0.172. The van der Waals surface area contributed by atoms with Crippen molar-refractivity contribution in [3.8, 4) is 0 Å². The van der Waals surface area contributed by atoms with Crippen LogP contribution in [0.2, 0.25) is 0 Å². The summed E-state index contributed by atoms with van der Waals surface area (Å²) in [5, 5.41) is 4.95. The highest BCUT2D eigenvalue weighted by Gasteiger charge is 2.23. The van der Waals surface area contributed by atoms with Crippen LogP contribution in [0.15, 0.2) is 96.1 Å². The van der Waals surface area contributed by atoms with Crippen molar-refractivity contribution < 1.29 is 4.79 Å². The monoisotopic (exact) mass is 466 g/mol. The number of rotatable bonds is 2. The molecule has 0 radical (unpaired) electrons. The Morgan fingerprint density at radius 3 is 1.44 bits per heavy atom. The Balaban J connectivity index is 1.24. The predicted molar refractivity (Wildman–Crippen MR) is 151 cm³/mol. The zero-order valence-corrected chi connectivity index (χ0v) is 20.5. The van der Waals surface area contributed by atoms with E-state index in [1.54, 1.807) is 0 Å². The molecule has 1 aliphatic rings. The minimum atomic E-state index is 0.172. The van der Waals surface area contributed by atoms with Crippen molar-refractivity contribution in [3.63, 3.8) is 0 Å². The Bertz CT molecular complexity index is 1790. The summed E-state index contributed by atoms with van der Waals surface area (Å²) in [6.07, 6.45) is 5.74. The first-order valence-corrected chi connectivity index (χ1v) is 12.5. The Labute approximate surface area is 209 Å². The first kappa shape index (κ1) is 21.0. The molecule has 1 aliphatic carbocycles. The van der Waals surface area contributed by atoms with E-state index in [4.69, 9.17) is 0 Å². The second-order valence-electron chi connectivity index (χ2n) is 9.87. The maximum absolute atomic E-state index is 13.3. The molecule has 0 unspecified atom stereocenters. The van der Waals surface area contributed by atoms with Crippen molar-refractivity contribution >= 4 is 61.5 Å². The second kappa shape index (κ2) is 7.82. The molecule has 0 atom stereocenters. The number of aryl methyl sites for hydroxylation is 2. The van der Waals surface area contributed by atoms with E-state index in [2.05, 4.69) is 120 Å². The summed E-state index contributed by atoms with van der Waals surface area (Å²) in [7, 11) is 4.21. The fourth-order valence-corrected chi connectivity index (χ4v) is 5.93. The van der Waals surface area contributed by atoms with Crippen LogP contribution < -0.4 is 0 Å². The lowest BCUT2D eigenvalue weighted by molar-refractivity contribution is -0.111. The van der Waals surface area contributed by atoms with Crippen LogP contribution in [0.25, 0.3) is 55.8 Å². The average Bonchev–Trinajstić information content (AvgIpc) is 3.50. The normalized spacial score (nSPS) is 16.6. The summed E-state index contributed by atoms with van der Waals surface area (Å²) < 4.78 is 4.46. The number of allylic oxidation sites excluding steroid dienone is 2. The smallest absolute Gasteiger partial charge is 0.185 e. The maximum Gasteiger partial charge on any atom is 0.185 e. The highest BCUT2D eigenvalue weighted by atomic mass is 16.1. The number of hydrogen-bond donors (Lipinski definition) is 0. The fourth-order valence-electron chi connectivity index (χ4n) is 5.93. The van der Waals surface area contributed by atoms with Crippen LogP contribution in [0.4, 0.5) is 0 Å². The van der Waals surface area contributed by atoms with Gasteiger partial charge in [-0.25, -0.2) is 0 Å². The van der Waals surface area contributed by atoms with E-state index in [0.717, 1.165) is 35.1 Å². The van der Waals surface area contributed by atoms with Gasteiger partial charge in [0.2, 0.25) is 0 Å². The number of ketones is 1. The molecule has 4 aromatic carbocycles. The SMILES string of the molecule is Cn1c2ccccc2c2cc(/C=C3\CC/C(=C\c4ccc5c(c4)c4ccccc4n5C)C3=O)ccc21. The molecule has 3 nitrogen and oxygen atoms in total. The van der Waals surface area contributed by atoms with Crippen LogP contribution in [0, 0.1) is 0 Å². The molecular formula is C33H26N2O. The maximum atomic E-state index is 13.3. The van der Waals surface area contributed by atoms with Crippen molar-refractivity contribution in [3.05, 3.63) is 107 Å². The number of hydrogen-bond acceptors (Lipinski definition) is 1. The summed E-state index contributed by atoms with van der Waals surface area (Å²) in [5.41, 5.74) is 8.83. The average molecular weight is 467 g/mol. The number of carbonyl (C=O) groups is 1. The lowest BCUT2D eigenvalue weighted by atomic mass is 10.0. The van der Waals surface area contributed by atoms with Gasteiger partial charge in [0.25, 0.3) is 0 Å². The summed E-state index contributed by atoms with van der Waals surface area (Å²) in [6, 6.07) is 30.0. The van der Waals surface area contributed by atoms with E-state index < -0.39 is 0 Å². The minimum absolute atomic E-state index is 0.172. The van der Waals surface area contributed by atoms with Crippen LogP contribution in [-0.2, 0) is 18.9 Å². The predicted octanol–water partition coefficient (Wildman–Crippen LogP) is 7.81. The van der Waals surface area contributed by atoms with E-state index in [-0.39, 0.29) is 5.78 Å². The molecule has 2 heterocycles. The van der Waals surface area contributed by atoms with Crippen molar-refractivity contribution in [1.82, 2.24) is 9.13 Å². The first-order valence-electron chi connectivity index (χ1n) is 12.5. The fraction of sp³-hybridized carbons (Fsp3) is 0.121. The lowest BCUT2D eigenvalue weighted by Gasteiger charge is -2.01. The van der Waals surface area contributed by atoms with Crippen molar-refractivity contribution in [2.75, 3.05) is 0 Å². The molecule has 1 saturated carbocycles. The lowest BCUT2D eigenvalue weighted by Crippen LogP contribution is -1.95. The quantitative estimate of drug-likeness (QED) is 0.239. The number of Topliss-reactive ketones (excluding diaryl/α,β-unsaturated/α-hetero) is 1. The van der Waals surface area contributed by atoms with Gasteiger partial charge in [0.05, 0.1) is 0 Å². The number of nitrogens with zero attached hydrogens (tertiary/aromatic N) is 2. The third-order valence-electron chi connectivity index (χ3n) is 7.80. The zero-order valence-electron chi connectivity index (χ0n) is 20.5. The highest BCUT2D eigenvalue weighted by Crippen LogP contribution is 2.34. The number of fused-ring (bicyclic) bond motifs is 6. The molecule has 0 N–H and O–H groups in total. The largest absolute Gasteiger partial charge is 0.344 e. The van der Waals surface area contributed by atoms with Gasteiger partial charge in [0.1, 0.15) is 0 Å². The second-order valence-corrected chi connectivity index (χ2v) is 9.87. The molecule has 36 heavy (non-hydrogen) atoms. The Kier molecular flexibility index (Phi) is 4.55. The van der Waals surface area contributed by atoms with E-state index in [1.807, 2.05) is 0 Å². The minimum Gasteiger partial charge on any atom is -0.344 e. The Morgan fingerprint density at radius 1 is 0.556 bits per heavy atom. The van der Waals surface area contributed by atoms with Crippen LogP contribution in [0.5, 0.6) is 0 Å². The Hall–Kier alpha value is -4.37. The first-order chi connectivity index (χ1) is 17.6. The standard InChI is InChI=1S/C33H26N2O/c1-34-29-9-5-3-7-25(29)27-19-21(11-15-31(27)34)17-23-13-14-24(33(23)36)18-22-12-16-32-28(20-22)26-8-4-6-10-30(26)35(32)2/h3-12,15-20H,13-14H2,1-2H3/b23-17+,24-18+. The summed E-state index contributed by atoms with van der Waals surface area (Å²) in [6.45, 7) is 0. The molecule has 0 saturated heterocycles. The molecule has 7 rings (SSSR count). The van der Waals surface area contributed by atoms with Crippen LogP contribution in [0.1, 0.15) is 24.0 Å². The van der Waals surface area contributed by atoms with Crippen LogP contribution in [0.3, 0.4) is 0 Å². The van der Waals surface area contributed by atoms with Crippen LogP contribution >= 0.6 is 0 Å². The van der Waals surface area contributed by atoms with Gasteiger partial charge < -0.3 is 9.13 Å². The molecule has 2 aromatic heterocycles. The van der Waals surface area contributed by atoms with Gasteiger partial charge >= 0.3 is 0 Å². The zero-order chi connectivity index (χ0) is 24.4. The number of benzene rings is 4. The van der Waals surface area contributed by atoms with E-state index in [1.165, 1.54) is 43.6 Å². The molecule has 1 fully saturated rings. The van der Waals surface area contributed by atoms with Crippen LogP contribution in [-0.4, -0.2) is 14.9 Å². The molecule has 0 amide bonds. The van der Waals surface area contributed by atoms with Gasteiger partial charge in [0.15, 0.2) is 5.78 Å². The van der Waals surface area contributed by atoms with Gasteiger partial charge in [-0.1, -0.05) is 48.5 Å². The third kappa shape index (κ3) is 3.09. The molecule has 0 bridgehead atoms. The van der Waals surface area contributed by atoms with E-state index in [0.29, 0.717) is 0 Å². The van der Waals surface area contributed by atoms with Crippen molar-refractivity contribution in [2.24, 2.45) is 14.1 Å². The molecule has 174 valence electrons. The number of para-hydroxylation sites is 2. The van der Waals surface area contributed by atoms with Gasteiger partial charge in [-0.3, -0.25) is 4.79 Å². The van der Waals surface area contributed by atoms with Gasteiger partial charge in [-0.15, -0.1) is 0 Å². The summed E-state index contributed by atoms with van der Waals surface area (Å²) in [4.78, 5) is 13.3. The van der Waals surface area contributed by atoms with Gasteiger partial charge in [-0.05, 0) is 72.5 Å². The number of carbonyl (C=O) groups excluding carboxylic acids is 1. The molecular weight excluding hydrogens is 440 g/mol. The van der Waals surface area contributed by atoms with E-state index in [9.17, 15) is 4.79 Å². The van der Waals surface area contributed by atoms with Gasteiger partial charge in [0, 0.05) is 68.9 Å². The molecule has 3 heteroatoms. The Morgan fingerprint density at radius 2 is 0.972 bits per heavy atom. The molecule has 0 aliphatic heterocycles. The van der Waals surface area contributed by atoms with Crippen molar-refractivity contribution in [1.29, 1.82) is 0 Å². The third-order valence-corrected chi connectivity index (χ3v) is 7.80. The van der Waals surface area contributed by atoms with Crippen molar-refractivity contribution in [2.45, 2.75) is 12.8 Å². The van der Waals surface area contributed by atoms with E-state index >= 15 is 0 Å². The number of aromatic nitrogens is 2. The van der Waals surface area contributed by atoms with Gasteiger partial charge in [-0.2, -0.15) is 0 Å². The molecule has 0 spiro atoms. The topological polar surface area (TPSA) is 26.9 Å². The highest BCUT2D eigenvalue weighted by molar-refractivity contribution is 6.16. The molecule has 6 aromatic rings.